The molecule has 4 aromatic heterocycles. The van der Waals surface area contributed by atoms with E-state index < -0.39 is 0 Å². The van der Waals surface area contributed by atoms with Crippen LogP contribution in [0.25, 0.3) is 43.6 Å². The Kier molecular flexibility index (Phi) is 53.4. The number of hydrogen-bond donors (Lipinski definition) is 4. The molecule has 0 unspecified atom stereocenters. The van der Waals surface area contributed by atoms with E-state index in [9.17, 15) is 4.79 Å². The van der Waals surface area contributed by atoms with Gasteiger partial charge in [0.25, 0.3) is 0 Å². The van der Waals surface area contributed by atoms with Crippen LogP contribution in [-0.4, -0.2) is 212 Å². The predicted octanol–water partition coefficient (Wildman–Crippen LogP) is 31.4. The van der Waals surface area contributed by atoms with E-state index in [1.54, 1.807) is 6.20 Å². The highest BCUT2D eigenvalue weighted by molar-refractivity contribution is 6.32. The number of unbranched alkanes of at least 4 members (excludes halogenated alkanes) is 18. The van der Waals surface area contributed by atoms with Crippen molar-refractivity contribution in [2.75, 3.05) is 179 Å². The molecular weight excluding hydrogens is 1880 g/mol. The number of piperidine rings is 6. The van der Waals surface area contributed by atoms with E-state index in [0.29, 0.717) is 16.5 Å². The molecule has 0 saturated carbocycles. The van der Waals surface area contributed by atoms with Gasteiger partial charge in [0.15, 0.2) is 5.78 Å². The van der Waals surface area contributed by atoms with Crippen molar-refractivity contribution in [2.45, 2.75) is 283 Å². The van der Waals surface area contributed by atoms with Crippen LogP contribution in [0.2, 0.25) is 20.1 Å². The highest BCUT2D eigenvalue weighted by Crippen LogP contribution is 2.33. The molecule has 145 heavy (non-hydrogen) atoms. The molecule has 10 heterocycles. The van der Waals surface area contributed by atoms with Crippen molar-refractivity contribution < 1.29 is 19.0 Å². The number of benzene rings is 7. The number of Topliss-reactive ketones (excluding diaryl/α,β-unsaturated/α-hetero) is 1. The van der Waals surface area contributed by atoms with Gasteiger partial charge in [-0.2, -0.15) is 0 Å². The SMILES string of the molecule is Clc1ccc2c(NCCCCCCCCCCCCN3CCCCC3)ccnc2c1.Clc1ccc2c(NCCCCCCCCCCN3CCCCC3)ccnc2c1.Clc1ccc2c(NCCc3ccc(OCCCN4CCCCC4)cc3)ccnc2c1.Clc1ccc2c(Nc3ccc(OCCCN4CCCCC4)cc3)ccnc2c1.O=C(CCCCCN1CCCCC1)c1ccc(OCCCN2CCCCC2)cc1. The molecule has 18 nitrogen and oxygen atoms in total. The van der Waals surface area contributed by atoms with Crippen LogP contribution in [0.1, 0.15) is 292 Å². The molecule has 0 atom stereocenters. The predicted molar refractivity (Wildman–Crippen MR) is 617 cm³/mol. The Labute approximate surface area is 890 Å². The molecule has 0 amide bonds. The van der Waals surface area contributed by atoms with E-state index in [2.05, 4.69) is 119 Å². The van der Waals surface area contributed by atoms with Gasteiger partial charge < -0.3 is 64.9 Å². The second-order valence-corrected chi connectivity index (χ2v) is 42.8. The number of fused-ring (bicyclic) bond motifs is 4. The number of carbonyl (C=O) groups excluding carboxylic acids is 1. The van der Waals surface area contributed by atoms with Gasteiger partial charge in [0.1, 0.15) is 17.2 Å². The molecule has 6 fully saturated rings. The molecule has 11 aromatic rings. The first kappa shape index (κ1) is 114. The third-order valence-electron chi connectivity index (χ3n) is 29.4. The summed E-state index contributed by atoms with van der Waals surface area (Å²) < 4.78 is 17.7. The van der Waals surface area contributed by atoms with Crippen molar-refractivity contribution in [2.24, 2.45) is 0 Å². The van der Waals surface area contributed by atoms with Crippen molar-refractivity contribution in [1.82, 2.24) is 49.3 Å². The van der Waals surface area contributed by atoms with Gasteiger partial charge in [0.2, 0.25) is 0 Å². The molecule has 0 spiro atoms. The quantitative estimate of drug-likeness (QED) is 0.0210. The van der Waals surface area contributed by atoms with Gasteiger partial charge in [-0.05, 0) is 403 Å². The zero-order chi connectivity index (χ0) is 100. The van der Waals surface area contributed by atoms with Crippen LogP contribution >= 0.6 is 46.4 Å². The Morgan fingerprint density at radius 1 is 0.262 bits per heavy atom. The third-order valence-corrected chi connectivity index (χ3v) is 30.4. The van der Waals surface area contributed by atoms with Gasteiger partial charge in [-0.15, -0.1) is 0 Å². The first-order valence-corrected chi connectivity index (χ1v) is 58.2. The summed E-state index contributed by atoms with van der Waals surface area (Å²) in [5, 5.41) is 21.4. The minimum Gasteiger partial charge on any atom is -0.494 e. The topological polar surface area (TPSA) is 164 Å². The average Bonchev–Trinajstić information content (AvgIpc) is 1.73. The molecule has 6 saturated heterocycles. The van der Waals surface area contributed by atoms with E-state index in [4.69, 9.17) is 60.6 Å². The van der Waals surface area contributed by atoms with Crippen molar-refractivity contribution in [3.63, 3.8) is 0 Å². The summed E-state index contributed by atoms with van der Waals surface area (Å²) in [5.74, 6) is 3.01. The molecule has 7 aromatic carbocycles. The number of halogens is 4. The normalized spacial score (nSPS) is 15.7. The minimum absolute atomic E-state index is 0.264. The highest BCUT2D eigenvalue weighted by atomic mass is 35.5. The maximum Gasteiger partial charge on any atom is 0.162 e. The Bertz CT molecular complexity index is 5380. The molecular formula is C123H172Cl4N14O4. The minimum atomic E-state index is 0.264. The number of nitrogens with one attached hydrogen (secondary N) is 4. The smallest absolute Gasteiger partial charge is 0.162 e. The van der Waals surface area contributed by atoms with E-state index >= 15 is 0 Å². The summed E-state index contributed by atoms with van der Waals surface area (Å²) in [4.78, 5) is 45.6. The van der Waals surface area contributed by atoms with Crippen molar-refractivity contribution in [1.29, 1.82) is 0 Å². The zero-order valence-corrected chi connectivity index (χ0v) is 90.7. The van der Waals surface area contributed by atoms with Crippen LogP contribution in [0, 0.1) is 0 Å². The number of pyridine rings is 4. The standard InChI is InChI=1S/C26H40ClN3.C25H30ClN3O.C25H40N2O2.C24H36ClN3.C23H26ClN3O/c27-23-14-15-24-25(16-18-29-26(24)22-23)28-17-10-7-5-3-1-2-4-6-8-11-19-30-20-12-9-13-21-30;26-21-7-10-23-24(12-14-28-25(23)19-21)27-13-11-20-5-8-22(9-6-20)30-18-4-17-29-15-2-1-3-16-29;28-25(11-4-1-5-16-26-17-6-2-7-18-26)23-12-14-24(15-13-23)29-22-10-21-27-19-8-3-9-20-27;25-21-12-13-22-23(14-16-27-24(22)20-21)26-15-8-5-3-1-2-4-6-9-17-28-18-10-7-11-19-28;24-18-5-10-21-22(11-12-25-23(21)17-18)26-19-6-8-20(9-7-19)28-16-4-15-27-13-2-1-3-14-27/h14-16,18,22H,1-13,17,19-21H2,(H,28,29);5-10,12,14,19H,1-4,11,13,15-18H2,(H,27,28);12-15H,1-11,16-22H2;12-14,16,20H,1-11,15,17-19H2,(H,26,27);5-12,17H,1-4,13-16H2,(H,25,26). The van der Waals surface area contributed by atoms with E-state index in [1.165, 1.54) is 341 Å². The molecule has 0 bridgehead atoms. The molecule has 22 heteroatoms. The monoisotopic (exact) mass is 2050 g/mol. The fourth-order valence-corrected chi connectivity index (χ4v) is 21.7. The second kappa shape index (κ2) is 68.2. The number of aromatic nitrogens is 4. The molecule has 786 valence electrons. The number of rotatable bonds is 54. The molecule has 0 radical (unpaired) electrons. The van der Waals surface area contributed by atoms with Crippen LogP contribution < -0.4 is 35.5 Å². The summed E-state index contributed by atoms with van der Waals surface area (Å²) in [6, 6.07) is 55.9. The summed E-state index contributed by atoms with van der Waals surface area (Å²) in [6.45, 7) is 27.9. The Hall–Kier alpha value is -8.63. The largest absolute Gasteiger partial charge is 0.494 e. The molecule has 4 N–H and O–H groups in total. The van der Waals surface area contributed by atoms with Crippen LogP contribution in [0.3, 0.4) is 0 Å². The Morgan fingerprint density at radius 2 is 0.524 bits per heavy atom. The molecule has 17 rings (SSSR count). The van der Waals surface area contributed by atoms with Crippen LogP contribution in [-0.2, 0) is 6.42 Å². The Morgan fingerprint density at radius 3 is 0.848 bits per heavy atom. The zero-order valence-electron chi connectivity index (χ0n) is 87.7. The van der Waals surface area contributed by atoms with Gasteiger partial charge in [-0.3, -0.25) is 24.7 Å². The van der Waals surface area contributed by atoms with Crippen LogP contribution in [0.15, 0.2) is 195 Å². The van der Waals surface area contributed by atoms with E-state index in [-0.39, 0.29) is 5.78 Å². The number of nitrogens with zero attached hydrogens (tertiary/aromatic N) is 10. The molecule has 0 aliphatic carbocycles. The van der Waals surface area contributed by atoms with Gasteiger partial charge in [0.05, 0.1) is 41.9 Å². The number of ketones is 1. The third kappa shape index (κ3) is 43.8. The molecule has 6 aliphatic heterocycles. The Balaban J connectivity index is 0.000000152. The lowest BCUT2D eigenvalue weighted by molar-refractivity contribution is 0.0978. The molecule has 6 aliphatic rings. The number of likely N-dealkylation sites (tertiary alicyclic amines) is 6. The number of carbonyl (C=O) groups is 1. The number of hydrogen-bond acceptors (Lipinski definition) is 18. The van der Waals surface area contributed by atoms with Crippen molar-refractivity contribution in [3.8, 4) is 17.2 Å². The lowest BCUT2D eigenvalue weighted by atomic mass is 10.0. The second-order valence-electron chi connectivity index (χ2n) is 41.0. The average molecular weight is 2050 g/mol. The van der Waals surface area contributed by atoms with Crippen LogP contribution in [0.5, 0.6) is 17.2 Å². The summed E-state index contributed by atoms with van der Waals surface area (Å²) in [6.07, 6.45) is 65.2. The van der Waals surface area contributed by atoms with E-state index in [0.717, 1.165) is 203 Å². The van der Waals surface area contributed by atoms with Gasteiger partial charge >= 0.3 is 0 Å². The first-order valence-electron chi connectivity index (χ1n) is 56.7. The van der Waals surface area contributed by atoms with Crippen LogP contribution in [0.4, 0.5) is 28.4 Å². The first-order chi connectivity index (χ1) is 71.5. The number of anilines is 5. The van der Waals surface area contributed by atoms with Gasteiger partial charge in [-0.25, -0.2) is 0 Å². The lowest BCUT2D eigenvalue weighted by Crippen LogP contribution is -2.31. The maximum atomic E-state index is 12.4. The summed E-state index contributed by atoms with van der Waals surface area (Å²) >= 11 is 24.3. The fraction of sp³-hybridized carbons (Fsp3) is 0.553. The lowest BCUT2D eigenvalue weighted by Gasteiger charge is -2.26. The fourth-order valence-electron chi connectivity index (χ4n) is 21.0. The summed E-state index contributed by atoms with van der Waals surface area (Å²) in [5.41, 5.74) is 11.3. The van der Waals surface area contributed by atoms with E-state index in [1.807, 2.05) is 140 Å². The number of ether oxygens (including phenoxy) is 3. The highest BCUT2D eigenvalue weighted by Gasteiger charge is 2.19. The van der Waals surface area contributed by atoms with Gasteiger partial charge in [0, 0.05) is 146 Å². The van der Waals surface area contributed by atoms with Gasteiger partial charge in [-0.1, -0.05) is 193 Å². The van der Waals surface area contributed by atoms with Crippen molar-refractivity contribution in [3.05, 3.63) is 226 Å². The van der Waals surface area contributed by atoms with Crippen molar-refractivity contribution >= 4 is 124 Å². The maximum absolute atomic E-state index is 12.4. The summed E-state index contributed by atoms with van der Waals surface area (Å²) in [7, 11) is 0.